The average molecular weight is 468 g/mol. The van der Waals surface area contributed by atoms with Gasteiger partial charge in [0.1, 0.15) is 12.1 Å². The van der Waals surface area contributed by atoms with E-state index in [1.54, 1.807) is 0 Å². The molecule has 0 aromatic carbocycles. The van der Waals surface area contributed by atoms with Gasteiger partial charge >= 0.3 is 5.97 Å². The number of aliphatic imine (C=N–C) groups is 2. The Bertz CT molecular complexity index is 817. The van der Waals surface area contributed by atoms with Crippen LogP contribution in [0.15, 0.2) is 22.5 Å². The van der Waals surface area contributed by atoms with Gasteiger partial charge in [-0.05, 0) is 25.7 Å². The summed E-state index contributed by atoms with van der Waals surface area (Å²) in [5.41, 5.74) is 27.5. The van der Waals surface area contributed by atoms with E-state index in [1.807, 2.05) is 0 Å². The van der Waals surface area contributed by atoms with Gasteiger partial charge in [-0.15, -0.1) is 0 Å². The Balaban J connectivity index is 2.77. The number of nitrogens with two attached hydrogens (primary N) is 5. The molecule has 14 N–H and O–H groups in total. The van der Waals surface area contributed by atoms with Crippen molar-refractivity contribution in [3.05, 3.63) is 18.2 Å². The van der Waals surface area contributed by atoms with Crippen LogP contribution in [0.2, 0.25) is 0 Å². The van der Waals surface area contributed by atoms with Crippen LogP contribution in [0.5, 0.6) is 0 Å². The first-order valence-electron chi connectivity index (χ1n) is 10.3. The second-order valence-corrected chi connectivity index (χ2v) is 7.25. The Labute approximate surface area is 190 Å². The molecular weight excluding hydrogens is 434 g/mol. The number of carboxylic acid groups (broad SMARTS) is 1. The Morgan fingerprint density at radius 3 is 2.06 bits per heavy atom. The summed E-state index contributed by atoms with van der Waals surface area (Å²) >= 11 is 0. The molecule has 0 radical (unpaired) electrons. The molecule has 3 unspecified atom stereocenters. The number of carbonyl (C=O) groups excluding carboxylic acids is 2. The van der Waals surface area contributed by atoms with Crippen LogP contribution in [0.1, 0.15) is 31.4 Å². The first-order valence-corrected chi connectivity index (χ1v) is 10.3. The van der Waals surface area contributed by atoms with E-state index in [-0.39, 0.29) is 37.7 Å². The van der Waals surface area contributed by atoms with Crippen molar-refractivity contribution in [2.24, 2.45) is 38.7 Å². The van der Waals surface area contributed by atoms with Gasteiger partial charge in [0.2, 0.25) is 11.8 Å². The van der Waals surface area contributed by atoms with Crippen molar-refractivity contribution in [2.45, 2.75) is 50.2 Å². The number of nitrogens with zero attached hydrogens (tertiary/aromatic N) is 3. The van der Waals surface area contributed by atoms with E-state index < -0.39 is 35.9 Å². The number of aliphatic carboxylic acids is 1. The minimum absolute atomic E-state index is 0.0542. The number of H-pyrrole nitrogens is 1. The topological polar surface area (TPSA) is 279 Å². The maximum absolute atomic E-state index is 12.8. The number of nitrogens with one attached hydrogen (secondary N) is 3. The third-order valence-electron chi connectivity index (χ3n) is 4.48. The van der Waals surface area contributed by atoms with Crippen LogP contribution in [0.3, 0.4) is 0 Å². The van der Waals surface area contributed by atoms with Gasteiger partial charge in [-0.25, -0.2) is 9.78 Å². The zero-order valence-corrected chi connectivity index (χ0v) is 18.2. The lowest BCUT2D eigenvalue weighted by Crippen LogP contribution is -2.55. The zero-order chi connectivity index (χ0) is 24.8. The average Bonchev–Trinajstić information content (AvgIpc) is 3.25. The molecule has 1 aromatic heterocycles. The normalized spacial score (nSPS) is 13.2. The third kappa shape index (κ3) is 11.3. The molecule has 0 bridgehead atoms. The van der Waals surface area contributed by atoms with Gasteiger partial charge in [0.15, 0.2) is 11.9 Å². The molecule has 0 aliphatic carbocycles. The van der Waals surface area contributed by atoms with E-state index in [9.17, 15) is 19.5 Å². The van der Waals surface area contributed by atoms with Crippen LogP contribution in [0, 0.1) is 0 Å². The lowest BCUT2D eigenvalue weighted by molar-refractivity contribution is -0.142. The molecule has 1 aromatic rings. The van der Waals surface area contributed by atoms with Crippen molar-refractivity contribution >= 4 is 29.7 Å². The molecule has 3 atom stereocenters. The molecule has 1 rings (SSSR count). The maximum atomic E-state index is 12.8. The predicted molar refractivity (Wildman–Crippen MR) is 122 cm³/mol. The maximum Gasteiger partial charge on any atom is 0.326 e. The number of carboxylic acids is 1. The smallest absolute Gasteiger partial charge is 0.326 e. The highest BCUT2D eigenvalue weighted by molar-refractivity contribution is 5.91. The first-order chi connectivity index (χ1) is 15.6. The van der Waals surface area contributed by atoms with E-state index >= 15 is 0 Å². The van der Waals surface area contributed by atoms with Crippen LogP contribution in [0.25, 0.3) is 0 Å². The lowest BCUT2D eigenvalue weighted by Gasteiger charge is -2.22. The van der Waals surface area contributed by atoms with Gasteiger partial charge < -0.3 is 49.4 Å². The fourth-order valence-corrected chi connectivity index (χ4v) is 2.79. The van der Waals surface area contributed by atoms with Gasteiger partial charge in [-0.3, -0.25) is 19.6 Å². The number of amides is 2. The molecular formula is C18H33N11O4. The molecule has 0 saturated carbocycles. The molecule has 184 valence electrons. The Hall–Kier alpha value is -3.88. The fraction of sp³-hybridized carbons (Fsp3) is 0.556. The van der Waals surface area contributed by atoms with Crippen molar-refractivity contribution in [3.63, 3.8) is 0 Å². The summed E-state index contributed by atoms with van der Waals surface area (Å²) in [7, 11) is 0. The predicted octanol–water partition coefficient (Wildman–Crippen LogP) is -3.56. The van der Waals surface area contributed by atoms with Crippen LogP contribution >= 0.6 is 0 Å². The second kappa shape index (κ2) is 14.2. The number of hydrogen-bond donors (Lipinski definition) is 9. The van der Waals surface area contributed by atoms with Gasteiger partial charge in [-0.2, -0.15) is 0 Å². The summed E-state index contributed by atoms with van der Waals surface area (Å²) in [4.78, 5) is 51.3. The molecule has 1 heterocycles. The standard InChI is InChI=1S/C18H33N11O4/c19-11(3-1-5-25-17(20)21)14(30)29-13(7-10-8-24-9-27-10)15(31)28-12(16(32)33)4-2-6-26-18(22)23/h8-9,11-13H,1-7,19H2,(H,24,27)(H,28,31)(H,29,30)(H,32,33)(H4,20,21,25)(H4,22,23,26). The minimum Gasteiger partial charge on any atom is -0.480 e. The monoisotopic (exact) mass is 467 g/mol. The molecule has 0 saturated heterocycles. The van der Waals surface area contributed by atoms with Crippen molar-refractivity contribution in [2.75, 3.05) is 13.1 Å². The number of rotatable bonds is 15. The molecule has 2 amide bonds. The summed E-state index contributed by atoms with van der Waals surface area (Å²) in [5, 5.41) is 14.5. The van der Waals surface area contributed by atoms with E-state index in [0.717, 1.165) is 0 Å². The number of aromatic nitrogens is 2. The van der Waals surface area contributed by atoms with Crippen LogP contribution in [-0.2, 0) is 20.8 Å². The molecule has 0 aliphatic heterocycles. The Kier molecular flexibility index (Phi) is 11.7. The van der Waals surface area contributed by atoms with Crippen molar-refractivity contribution in [3.8, 4) is 0 Å². The van der Waals surface area contributed by atoms with Crippen LogP contribution < -0.4 is 39.3 Å². The number of imidazole rings is 1. The number of carbonyl (C=O) groups is 3. The van der Waals surface area contributed by atoms with Crippen LogP contribution in [0.4, 0.5) is 0 Å². The highest BCUT2D eigenvalue weighted by atomic mass is 16.4. The van der Waals surface area contributed by atoms with E-state index in [4.69, 9.17) is 28.7 Å². The van der Waals surface area contributed by atoms with E-state index in [2.05, 4.69) is 30.6 Å². The van der Waals surface area contributed by atoms with Crippen molar-refractivity contribution < 1.29 is 19.5 Å². The summed E-state index contributed by atoms with van der Waals surface area (Å²) < 4.78 is 0. The van der Waals surface area contributed by atoms with Gasteiger partial charge in [0.25, 0.3) is 0 Å². The molecule has 33 heavy (non-hydrogen) atoms. The van der Waals surface area contributed by atoms with Crippen molar-refractivity contribution in [1.82, 2.24) is 20.6 Å². The number of guanidine groups is 2. The molecule has 0 spiro atoms. The number of aromatic amines is 1. The molecule has 0 aliphatic rings. The summed E-state index contributed by atoms with van der Waals surface area (Å²) in [6.07, 6.45) is 4.12. The van der Waals surface area contributed by atoms with E-state index in [0.29, 0.717) is 25.1 Å². The largest absolute Gasteiger partial charge is 0.480 e. The van der Waals surface area contributed by atoms with Gasteiger partial charge in [0, 0.05) is 31.4 Å². The van der Waals surface area contributed by atoms with Gasteiger partial charge in [0.05, 0.1) is 12.4 Å². The van der Waals surface area contributed by atoms with E-state index in [1.165, 1.54) is 12.5 Å². The minimum atomic E-state index is -1.23. The van der Waals surface area contributed by atoms with Gasteiger partial charge in [-0.1, -0.05) is 0 Å². The lowest BCUT2D eigenvalue weighted by atomic mass is 10.1. The summed E-state index contributed by atoms with van der Waals surface area (Å²) in [5.74, 6) is -2.64. The highest BCUT2D eigenvalue weighted by Gasteiger charge is 2.28. The zero-order valence-electron chi connectivity index (χ0n) is 18.2. The molecule has 0 fully saturated rings. The third-order valence-corrected chi connectivity index (χ3v) is 4.48. The summed E-state index contributed by atoms with van der Waals surface area (Å²) in [6.45, 7) is 0.520. The second-order valence-electron chi connectivity index (χ2n) is 7.25. The number of hydrogen-bond acceptors (Lipinski definition) is 7. The van der Waals surface area contributed by atoms with Crippen molar-refractivity contribution in [1.29, 1.82) is 0 Å². The fourth-order valence-electron chi connectivity index (χ4n) is 2.79. The highest BCUT2D eigenvalue weighted by Crippen LogP contribution is 2.04. The quantitative estimate of drug-likeness (QED) is 0.0694. The first kappa shape index (κ1) is 27.2. The van der Waals surface area contributed by atoms with Crippen LogP contribution in [-0.4, -0.2) is 76.0 Å². The summed E-state index contributed by atoms with van der Waals surface area (Å²) in [6, 6.07) is -3.19. The molecule has 15 heteroatoms. The SMILES string of the molecule is NC(N)=NCCCC(N)C(=O)NC(Cc1cnc[nH]1)C(=O)NC(CCCN=C(N)N)C(=O)O. The Morgan fingerprint density at radius 1 is 0.970 bits per heavy atom. The Morgan fingerprint density at radius 2 is 1.55 bits per heavy atom. The molecule has 15 nitrogen and oxygen atoms in total.